The molecular formula is C21H22F3N2O3-. The number of ether oxygens (including phenoxy) is 1. The Labute approximate surface area is 167 Å². The molecule has 5 nitrogen and oxygen atoms in total. The number of para-hydroxylation sites is 2. The number of halogens is 3. The molecule has 0 aromatic heterocycles. The van der Waals surface area contributed by atoms with Crippen molar-refractivity contribution in [2.75, 3.05) is 23.3 Å². The first-order valence-corrected chi connectivity index (χ1v) is 9.33. The van der Waals surface area contributed by atoms with Gasteiger partial charge in [-0.2, -0.15) is 0 Å². The fourth-order valence-corrected chi connectivity index (χ4v) is 3.64. The Kier molecular flexibility index (Phi) is 5.91. The quantitative estimate of drug-likeness (QED) is 0.820. The average molecular weight is 407 g/mol. The van der Waals surface area contributed by atoms with Crippen molar-refractivity contribution in [3.8, 4) is 5.75 Å². The summed E-state index contributed by atoms with van der Waals surface area (Å²) in [6, 6.07) is 9.58. The highest BCUT2D eigenvalue weighted by atomic mass is 19.4. The SMILES string of the molecule is Cc1cc(C)c(C(=O)[O-])cc1NC1CCN(c2ccccc2OC(F)(F)F)CC1. The van der Waals surface area contributed by atoms with Gasteiger partial charge in [0.1, 0.15) is 0 Å². The number of piperidine rings is 1. The predicted octanol–water partition coefficient (Wildman–Crippen LogP) is 3.65. The molecule has 0 spiro atoms. The molecule has 3 rings (SSSR count). The summed E-state index contributed by atoms with van der Waals surface area (Å²) < 4.78 is 42.1. The van der Waals surface area contributed by atoms with E-state index in [4.69, 9.17) is 0 Å². The molecule has 0 radical (unpaired) electrons. The third-order valence-electron chi connectivity index (χ3n) is 5.08. The number of nitrogens with one attached hydrogen (secondary N) is 1. The van der Waals surface area contributed by atoms with Crippen LogP contribution in [0.3, 0.4) is 0 Å². The standard InChI is InChI=1S/C21H23F3N2O3/c1-13-11-14(2)17(12-16(13)20(27)28)25-15-7-9-26(10-8-15)18-5-3-4-6-19(18)29-21(22,23)24/h3-6,11-12,15,25H,7-10H2,1-2H3,(H,27,28)/p-1. The zero-order valence-electron chi connectivity index (χ0n) is 16.2. The van der Waals surface area contributed by atoms with E-state index in [0.717, 1.165) is 11.3 Å². The van der Waals surface area contributed by atoms with Crippen molar-refractivity contribution < 1.29 is 27.8 Å². The minimum atomic E-state index is -4.74. The summed E-state index contributed by atoms with van der Waals surface area (Å²) in [5, 5.41) is 14.6. The number of anilines is 2. The number of carbonyl (C=O) groups is 1. The number of alkyl halides is 3. The number of hydrogen-bond donors (Lipinski definition) is 1. The number of hydrogen-bond acceptors (Lipinski definition) is 5. The van der Waals surface area contributed by atoms with Crippen LogP contribution in [0.5, 0.6) is 5.75 Å². The highest BCUT2D eigenvalue weighted by molar-refractivity contribution is 5.89. The van der Waals surface area contributed by atoms with Crippen LogP contribution in [0.25, 0.3) is 0 Å². The van der Waals surface area contributed by atoms with E-state index < -0.39 is 12.3 Å². The molecule has 8 heteroatoms. The molecule has 0 saturated carbocycles. The number of benzene rings is 2. The number of nitrogens with zero attached hydrogens (tertiary/aromatic N) is 1. The van der Waals surface area contributed by atoms with E-state index in [2.05, 4.69) is 10.1 Å². The molecule has 1 saturated heterocycles. The third-order valence-corrected chi connectivity index (χ3v) is 5.08. The summed E-state index contributed by atoms with van der Waals surface area (Å²) >= 11 is 0. The lowest BCUT2D eigenvalue weighted by atomic mass is 10.0. The summed E-state index contributed by atoms with van der Waals surface area (Å²) in [6.07, 6.45) is -3.36. The molecular weight excluding hydrogens is 385 g/mol. The number of rotatable bonds is 5. The second-order valence-corrected chi connectivity index (χ2v) is 7.19. The first kappa shape index (κ1) is 20.8. The van der Waals surface area contributed by atoms with E-state index >= 15 is 0 Å². The van der Waals surface area contributed by atoms with Crippen molar-refractivity contribution in [2.24, 2.45) is 0 Å². The van der Waals surface area contributed by atoms with Gasteiger partial charge >= 0.3 is 6.36 Å². The Bertz CT molecular complexity index is 891. The minimum absolute atomic E-state index is 0.0814. The molecule has 1 fully saturated rings. The van der Waals surface area contributed by atoms with Gasteiger partial charge in [-0.1, -0.05) is 18.2 Å². The molecule has 29 heavy (non-hydrogen) atoms. The lowest BCUT2D eigenvalue weighted by molar-refractivity contribution is -0.274. The van der Waals surface area contributed by atoms with E-state index in [0.29, 0.717) is 37.2 Å². The van der Waals surface area contributed by atoms with Crippen LogP contribution in [-0.4, -0.2) is 31.5 Å². The Balaban J connectivity index is 1.68. The molecule has 0 bridgehead atoms. The van der Waals surface area contributed by atoms with Crippen LogP contribution in [0.15, 0.2) is 36.4 Å². The van der Waals surface area contributed by atoms with Crippen LogP contribution < -0.4 is 20.1 Å². The Morgan fingerprint density at radius 1 is 1.14 bits per heavy atom. The summed E-state index contributed by atoms with van der Waals surface area (Å²) in [7, 11) is 0. The second kappa shape index (κ2) is 8.23. The maximum Gasteiger partial charge on any atom is 0.573 e. The number of aromatic carboxylic acids is 1. The molecule has 0 unspecified atom stereocenters. The molecule has 0 atom stereocenters. The zero-order valence-corrected chi connectivity index (χ0v) is 16.2. The van der Waals surface area contributed by atoms with Crippen molar-refractivity contribution in [1.29, 1.82) is 0 Å². The molecule has 2 aromatic carbocycles. The van der Waals surface area contributed by atoms with Crippen molar-refractivity contribution in [1.82, 2.24) is 0 Å². The van der Waals surface area contributed by atoms with Gasteiger partial charge in [0, 0.05) is 30.4 Å². The number of carboxylic acids is 1. The largest absolute Gasteiger partial charge is 0.573 e. The second-order valence-electron chi connectivity index (χ2n) is 7.19. The van der Waals surface area contributed by atoms with Gasteiger partial charge in [0.15, 0.2) is 5.75 Å². The fourth-order valence-electron chi connectivity index (χ4n) is 3.64. The minimum Gasteiger partial charge on any atom is -0.545 e. The number of carbonyl (C=O) groups excluding carboxylic acids is 1. The molecule has 0 amide bonds. The summed E-state index contributed by atoms with van der Waals surface area (Å²) in [4.78, 5) is 13.1. The maximum atomic E-state index is 12.7. The Morgan fingerprint density at radius 3 is 2.41 bits per heavy atom. The van der Waals surface area contributed by atoms with Gasteiger partial charge in [0.2, 0.25) is 0 Å². The number of aryl methyl sites for hydroxylation is 2. The van der Waals surface area contributed by atoms with Gasteiger partial charge in [-0.3, -0.25) is 0 Å². The molecule has 2 aromatic rings. The first-order valence-electron chi connectivity index (χ1n) is 9.33. The third kappa shape index (κ3) is 5.13. The molecule has 0 aliphatic carbocycles. The van der Waals surface area contributed by atoms with Crippen LogP contribution in [0.1, 0.15) is 34.3 Å². The maximum absolute atomic E-state index is 12.7. The fraction of sp³-hybridized carbons (Fsp3) is 0.381. The molecule has 1 aliphatic heterocycles. The molecule has 156 valence electrons. The van der Waals surface area contributed by atoms with Gasteiger partial charge in [-0.05, 0) is 56.0 Å². The van der Waals surface area contributed by atoms with E-state index in [1.54, 1.807) is 31.2 Å². The van der Waals surface area contributed by atoms with Crippen LogP contribution >= 0.6 is 0 Å². The van der Waals surface area contributed by atoms with E-state index in [1.165, 1.54) is 12.1 Å². The van der Waals surface area contributed by atoms with Crippen molar-refractivity contribution in [3.63, 3.8) is 0 Å². The summed E-state index contributed by atoms with van der Waals surface area (Å²) in [6.45, 7) is 4.72. The first-order chi connectivity index (χ1) is 13.6. The van der Waals surface area contributed by atoms with Crippen LogP contribution in [0.2, 0.25) is 0 Å². The highest BCUT2D eigenvalue weighted by Gasteiger charge is 2.33. The smallest absolute Gasteiger partial charge is 0.545 e. The van der Waals surface area contributed by atoms with Crippen LogP contribution in [0, 0.1) is 13.8 Å². The van der Waals surface area contributed by atoms with Gasteiger partial charge < -0.3 is 24.9 Å². The molecule has 1 heterocycles. The predicted molar refractivity (Wildman–Crippen MR) is 102 cm³/mol. The lowest BCUT2D eigenvalue weighted by Crippen LogP contribution is -2.39. The van der Waals surface area contributed by atoms with Gasteiger partial charge in [-0.25, -0.2) is 0 Å². The van der Waals surface area contributed by atoms with Crippen molar-refractivity contribution in [3.05, 3.63) is 53.1 Å². The van der Waals surface area contributed by atoms with Gasteiger partial charge in [-0.15, -0.1) is 13.2 Å². The molecule has 1 N–H and O–H groups in total. The van der Waals surface area contributed by atoms with Gasteiger partial charge in [0.25, 0.3) is 0 Å². The van der Waals surface area contributed by atoms with E-state index in [9.17, 15) is 23.1 Å². The van der Waals surface area contributed by atoms with Gasteiger partial charge in [0.05, 0.1) is 11.7 Å². The topological polar surface area (TPSA) is 64.6 Å². The Morgan fingerprint density at radius 2 is 1.79 bits per heavy atom. The monoisotopic (exact) mass is 407 g/mol. The highest BCUT2D eigenvalue weighted by Crippen LogP contribution is 2.34. The van der Waals surface area contributed by atoms with Crippen molar-refractivity contribution >= 4 is 17.3 Å². The summed E-state index contributed by atoms with van der Waals surface area (Å²) in [5.41, 5.74) is 2.86. The lowest BCUT2D eigenvalue weighted by Gasteiger charge is -2.35. The van der Waals surface area contributed by atoms with Crippen molar-refractivity contribution in [2.45, 2.75) is 39.1 Å². The number of carboxylic acid groups (broad SMARTS) is 1. The Hall–Kier alpha value is -2.90. The average Bonchev–Trinajstić information content (AvgIpc) is 2.63. The summed E-state index contributed by atoms with van der Waals surface area (Å²) in [5.74, 6) is -1.43. The normalized spacial score (nSPS) is 15.3. The van der Waals surface area contributed by atoms with E-state index in [-0.39, 0.29) is 17.4 Å². The van der Waals surface area contributed by atoms with Crippen LogP contribution in [0.4, 0.5) is 24.5 Å². The van der Waals surface area contributed by atoms with E-state index in [1.807, 2.05) is 11.8 Å². The zero-order chi connectivity index (χ0) is 21.2. The van der Waals surface area contributed by atoms with Crippen LogP contribution in [-0.2, 0) is 0 Å². The molecule has 1 aliphatic rings.